The summed E-state index contributed by atoms with van der Waals surface area (Å²) in [5, 5.41) is 0. The van der Waals surface area contributed by atoms with Crippen molar-refractivity contribution in [3.8, 4) is 0 Å². The molecule has 0 amide bonds. The van der Waals surface area contributed by atoms with Gasteiger partial charge in [-0.2, -0.15) is 0 Å². The van der Waals surface area contributed by atoms with Crippen LogP contribution in [0.2, 0.25) is 0 Å². The highest BCUT2D eigenvalue weighted by Gasteiger charge is 2.20. The van der Waals surface area contributed by atoms with Gasteiger partial charge >= 0.3 is 0 Å². The van der Waals surface area contributed by atoms with Crippen LogP contribution in [0.4, 0.5) is 0 Å². The fourth-order valence-corrected chi connectivity index (χ4v) is 4.66. The van der Waals surface area contributed by atoms with E-state index >= 15 is 0 Å². The van der Waals surface area contributed by atoms with Gasteiger partial charge in [-0.05, 0) is 78.9 Å². The van der Waals surface area contributed by atoms with Gasteiger partial charge in [-0.25, -0.2) is 0 Å². The molecule has 3 rings (SSSR count). The Hall–Kier alpha value is -1.04. The van der Waals surface area contributed by atoms with Crippen LogP contribution in [0.3, 0.4) is 0 Å². The third-order valence-electron chi connectivity index (χ3n) is 6.72. The Balaban J connectivity index is 1.58. The molecule has 2 atom stereocenters. The predicted octanol–water partition coefficient (Wildman–Crippen LogP) is 7.60. The van der Waals surface area contributed by atoms with Crippen molar-refractivity contribution in [2.45, 2.75) is 84.5 Å². The fraction of sp³-hybridized carbons (Fsp3) is 0.667. The Kier molecular flexibility index (Phi) is 6.19. The first kappa shape index (κ1) is 17.8. The van der Waals surface area contributed by atoms with Crippen LogP contribution in [-0.2, 0) is 0 Å². The Morgan fingerprint density at radius 2 is 1.71 bits per heavy atom. The van der Waals surface area contributed by atoms with E-state index in [0.29, 0.717) is 0 Å². The lowest BCUT2D eigenvalue weighted by molar-refractivity contribution is 0.348. The molecule has 0 saturated heterocycles. The molecule has 24 heavy (non-hydrogen) atoms. The molecule has 0 heterocycles. The second-order valence-electron chi connectivity index (χ2n) is 8.70. The van der Waals surface area contributed by atoms with E-state index in [1.54, 1.807) is 11.1 Å². The topological polar surface area (TPSA) is 0 Å². The summed E-state index contributed by atoms with van der Waals surface area (Å²) in [6.07, 6.45) is 14.8. The number of rotatable bonds is 5. The van der Waals surface area contributed by atoms with E-state index in [4.69, 9.17) is 0 Å². The number of hydrogen-bond acceptors (Lipinski definition) is 0. The molecular weight excluding hydrogens is 288 g/mol. The van der Waals surface area contributed by atoms with E-state index in [2.05, 4.69) is 51.1 Å². The van der Waals surface area contributed by atoms with Crippen LogP contribution < -0.4 is 0 Å². The van der Waals surface area contributed by atoms with E-state index in [1.807, 2.05) is 0 Å². The monoisotopic (exact) mass is 324 g/mol. The third kappa shape index (κ3) is 4.52. The molecule has 0 aromatic heterocycles. The summed E-state index contributed by atoms with van der Waals surface area (Å²) < 4.78 is 0. The third-order valence-corrected chi connectivity index (χ3v) is 6.72. The average molecular weight is 325 g/mol. The molecule has 2 unspecified atom stereocenters. The van der Waals surface area contributed by atoms with Gasteiger partial charge in [-0.3, -0.25) is 0 Å². The maximum atomic E-state index is 2.54. The van der Waals surface area contributed by atoms with Crippen molar-refractivity contribution in [1.29, 1.82) is 0 Å². The molecule has 0 spiro atoms. The van der Waals surface area contributed by atoms with Crippen molar-refractivity contribution in [2.24, 2.45) is 17.8 Å². The lowest BCUT2D eigenvalue weighted by Gasteiger charge is -2.27. The fourth-order valence-electron chi connectivity index (χ4n) is 4.66. The molecular formula is C24H36. The van der Waals surface area contributed by atoms with Gasteiger partial charge in [0.15, 0.2) is 0 Å². The zero-order chi connectivity index (χ0) is 16.9. The van der Waals surface area contributed by atoms with Crippen molar-refractivity contribution >= 4 is 5.57 Å². The zero-order valence-electron chi connectivity index (χ0n) is 16.1. The smallest absolute Gasteiger partial charge is 0.0162 e. The molecule has 1 saturated carbocycles. The molecule has 0 aliphatic heterocycles. The van der Waals surface area contributed by atoms with Crippen molar-refractivity contribution in [2.75, 3.05) is 0 Å². The van der Waals surface area contributed by atoms with Gasteiger partial charge in [0.05, 0.1) is 0 Å². The quantitative estimate of drug-likeness (QED) is 0.523. The Morgan fingerprint density at radius 1 is 1.00 bits per heavy atom. The van der Waals surface area contributed by atoms with Gasteiger partial charge in [-0.15, -0.1) is 0 Å². The van der Waals surface area contributed by atoms with Gasteiger partial charge < -0.3 is 0 Å². The highest BCUT2D eigenvalue weighted by atomic mass is 14.3. The average Bonchev–Trinajstić information content (AvgIpc) is 2.63. The highest BCUT2D eigenvalue weighted by molar-refractivity contribution is 5.66. The predicted molar refractivity (Wildman–Crippen MR) is 106 cm³/mol. The Bertz CT molecular complexity index is 528. The molecule has 2 aliphatic carbocycles. The van der Waals surface area contributed by atoms with Crippen LogP contribution in [0.5, 0.6) is 0 Å². The first-order chi connectivity index (χ1) is 11.7. The molecule has 1 aromatic carbocycles. The first-order valence-corrected chi connectivity index (χ1v) is 10.4. The minimum absolute atomic E-state index is 0.815. The summed E-state index contributed by atoms with van der Waals surface area (Å²) in [6, 6.07) is 9.63. The minimum Gasteiger partial charge on any atom is -0.0804 e. The summed E-state index contributed by atoms with van der Waals surface area (Å²) in [6.45, 7) is 7.14. The van der Waals surface area contributed by atoms with Gasteiger partial charge in [0, 0.05) is 0 Å². The summed E-state index contributed by atoms with van der Waals surface area (Å²) in [7, 11) is 0. The largest absolute Gasteiger partial charge is 0.0804 e. The van der Waals surface area contributed by atoms with Crippen molar-refractivity contribution in [1.82, 2.24) is 0 Å². The molecule has 0 N–H and O–H groups in total. The Morgan fingerprint density at radius 3 is 2.29 bits per heavy atom. The van der Waals surface area contributed by atoms with E-state index in [-0.39, 0.29) is 0 Å². The number of benzene rings is 1. The molecule has 1 fully saturated rings. The molecule has 1 aromatic rings. The number of allylic oxidation sites excluding steroid dienone is 2. The van der Waals surface area contributed by atoms with E-state index in [9.17, 15) is 0 Å². The maximum absolute atomic E-state index is 2.54. The lowest BCUT2D eigenvalue weighted by Crippen LogP contribution is -2.11. The van der Waals surface area contributed by atoms with Crippen LogP contribution in [0.1, 0.15) is 95.6 Å². The molecule has 0 nitrogen and oxygen atoms in total. The summed E-state index contributed by atoms with van der Waals surface area (Å²) in [4.78, 5) is 0. The van der Waals surface area contributed by atoms with Crippen LogP contribution >= 0.6 is 0 Å². The summed E-state index contributed by atoms with van der Waals surface area (Å²) in [5.41, 5.74) is 4.65. The first-order valence-electron chi connectivity index (χ1n) is 10.4. The van der Waals surface area contributed by atoms with Gasteiger partial charge in [0.1, 0.15) is 0 Å². The standard InChI is InChI=1S/C24H36/c1-4-18(2)17-20-7-11-22(12-8-20)24-15-13-23(14-16-24)21-9-5-19(3)6-10-21/h11,13-16,18-21H,4-10,12,17H2,1-3H3. The van der Waals surface area contributed by atoms with Gasteiger partial charge in [-0.1, -0.05) is 70.4 Å². The van der Waals surface area contributed by atoms with E-state index in [0.717, 1.165) is 23.7 Å². The van der Waals surface area contributed by atoms with E-state index in [1.165, 1.54) is 63.4 Å². The van der Waals surface area contributed by atoms with Crippen LogP contribution in [0, 0.1) is 17.8 Å². The Labute approximate surface area is 149 Å². The molecule has 0 radical (unpaired) electrons. The molecule has 0 heteroatoms. The van der Waals surface area contributed by atoms with Crippen molar-refractivity contribution < 1.29 is 0 Å². The minimum atomic E-state index is 0.815. The lowest BCUT2D eigenvalue weighted by atomic mass is 9.78. The molecule has 2 aliphatic rings. The molecule has 132 valence electrons. The van der Waals surface area contributed by atoms with Crippen LogP contribution in [0.25, 0.3) is 5.57 Å². The normalized spacial score (nSPS) is 29.1. The van der Waals surface area contributed by atoms with Gasteiger partial charge in [0.2, 0.25) is 0 Å². The second kappa shape index (κ2) is 8.37. The van der Waals surface area contributed by atoms with Crippen molar-refractivity contribution in [3.05, 3.63) is 41.5 Å². The van der Waals surface area contributed by atoms with Crippen LogP contribution in [0.15, 0.2) is 30.3 Å². The van der Waals surface area contributed by atoms with Crippen LogP contribution in [-0.4, -0.2) is 0 Å². The zero-order valence-corrected chi connectivity index (χ0v) is 16.1. The second-order valence-corrected chi connectivity index (χ2v) is 8.70. The maximum Gasteiger partial charge on any atom is -0.0162 e. The van der Waals surface area contributed by atoms with Crippen molar-refractivity contribution in [3.63, 3.8) is 0 Å². The SMILES string of the molecule is CCC(C)CC1CC=C(c2ccc(C3CCC(C)CC3)cc2)CC1. The van der Waals surface area contributed by atoms with E-state index < -0.39 is 0 Å². The number of hydrogen-bond donors (Lipinski definition) is 0. The highest BCUT2D eigenvalue weighted by Crippen LogP contribution is 2.37. The summed E-state index contributed by atoms with van der Waals surface area (Å²) in [5.74, 6) is 3.57. The van der Waals surface area contributed by atoms with Gasteiger partial charge in [0.25, 0.3) is 0 Å². The molecule has 0 bridgehead atoms. The summed E-state index contributed by atoms with van der Waals surface area (Å²) >= 11 is 0.